The van der Waals surface area contributed by atoms with Gasteiger partial charge in [0.2, 0.25) is 0 Å². The Hall–Kier alpha value is -0.790. The molecule has 236 valence electrons. The second-order valence-electron chi connectivity index (χ2n) is 13.0. The van der Waals surface area contributed by atoms with Gasteiger partial charge in [-0.3, -0.25) is 0 Å². The molecule has 1 rings (SSSR count). The number of unbranched alkanes of at least 4 members (excludes halogenated alkanes) is 26. The maximum atomic E-state index is 2.62. The molecule has 1 aromatic heterocycles. The van der Waals surface area contributed by atoms with Gasteiger partial charge in [0.1, 0.15) is 12.4 Å². The van der Waals surface area contributed by atoms with Crippen molar-refractivity contribution >= 4 is 0 Å². The van der Waals surface area contributed by atoms with Crippen molar-refractivity contribution in [2.45, 2.75) is 226 Å². The van der Waals surface area contributed by atoms with Gasteiger partial charge in [-0.25, -0.2) is 9.13 Å². The molecule has 0 unspecified atom stereocenters. The van der Waals surface area contributed by atoms with Crippen molar-refractivity contribution < 1.29 is 4.57 Å². The number of hydrogen-bond donors (Lipinski definition) is 0. The van der Waals surface area contributed by atoms with Crippen molar-refractivity contribution in [3.05, 3.63) is 18.2 Å². The van der Waals surface area contributed by atoms with Gasteiger partial charge in [0.15, 0.2) is 0 Å². The first kappa shape index (κ1) is 37.2. The van der Waals surface area contributed by atoms with E-state index in [1.54, 1.807) is 5.82 Å². The summed E-state index contributed by atoms with van der Waals surface area (Å²) in [5.41, 5.74) is 0. The summed E-state index contributed by atoms with van der Waals surface area (Å²) in [6.07, 6.45) is 47.4. The Morgan fingerprint density at radius 2 is 0.775 bits per heavy atom. The van der Waals surface area contributed by atoms with Crippen LogP contribution in [0.25, 0.3) is 0 Å². The quantitative estimate of drug-likeness (QED) is 0.0613. The summed E-state index contributed by atoms with van der Waals surface area (Å²) in [7, 11) is 0. The summed E-state index contributed by atoms with van der Waals surface area (Å²) < 4.78 is 5.23. The Morgan fingerprint density at radius 3 is 1.20 bits per heavy atom. The highest BCUT2D eigenvalue weighted by molar-refractivity contribution is 4.84. The van der Waals surface area contributed by atoms with Gasteiger partial charge < -0.3 is 0 Å². The maximum Gasteiger partial charge on any atom is 0.256 e. The molecule has 0 saturated heterocycles. The van der Waals surface area contributed by atoms with Gasteiger partial charge in [0.05, 0.1) is 13.1 Å². The van der Waals surface area contributed by atoms with Crippen molar-refractivity contribution in [1.29, 1.82) is 0 Å². The molecule has 0 radical (unpaired) electrons. The molecule has 2 heteroatoms. The Kier molecular flexibility index (Phi) is 27.6. The normalized spacial score (nSPS) is 11.6. The molecule has 1 heterocycles. The van der Waals surface area contributed by atoms with Crippen molar-refractivity contribution in [2.24, 2.45) is 0 Å². The van der Waals surface area contributed by atoms with Crippen LogP contribution in [0.1, 0.15) is 213 Å². The molecule has 0 N–H and O–H groups in total. The minimum absolute atomic E-state index is 1.22. The topological polar surface area (TPSA) is 8.81 Å². The average molecular weight is 560 g/mol. The zero-order valence-electron chi connectivity index (χ0n) is 28.2. The first-order valence-corrected chi connectivity index (χ1v) is 18.9. The summed E-state index contributed by atoms with van der Waals surface area (Å²) in [4.78, 5) is 0. The van der Waals surface area contributed by atoms with Gasteiger partial charge in [0, 0.05) is 6.42 Å². The predicted molar refractivity (Wildman–Crippen MR) is 179 cm³/mol. The lowest BCUT2D eigenvalue weighted by Crippen LogP contribution is -2.37. The van der Waals surface area contributed by atoms with Crippen LogP contribution in [0.5, 0.6) is 0 Å². The van der Waals surface area contributed by atoms with Gasteiger partial charge in [-0.2, -0.15) is 0 Å². The smallest absolute Gasteiger partial charge is 0.234 e. The summed E-state index contributed by atoms with van der Waals surface area (Å²) in [5.74, 6) is 1.61. The van der Waals surface area contributed by atoms with Crippen LogP contribution in [0.3, 0.4) is 0 Å². The van der Waals surface area contributed by atoms with Crippen molar-refractivity contribution in [2.75, 3.05) is 0 Å². The number of aryl methyl sites for hydroxylation is 2. The number of rotatable bonds is 32. The van der Waals surface area contributed by atoms with Crippen molar-refractivity contribution in [3.63, 3.8) is 0 Å². The van der Waals surface area contributed by atoms with Crippen LogP contribution in [0.15, 0.2) is 12.4 Å². The van der Waals surface area contributed by atoms with Gasteiger partial charge >= 0.3 is 0 Å². The van der Waals surface area contributed by atoms with Crippen LogP contribution in [-0.2, 0) is 19.5 Å². The fourth-order valence-corrected chi connectivity index (χ4v) is 6.33. The van der Waals surface area contributed by atoms with Crippen molar-refractivity contribution in [1.82, 2.24) is 4.57 Å². The Balaban J connectivity index is 2.14. The molecular weight excluding hydrogens is 484 g/mol. The molecule has 0 saturated carbocycles. The van der Waals surface area contributed by atoms with Gasteiger partial charge in [-0.15, -0.1) is 0 Å². The van der Waals surface area contributed by atoms with Crippen LogP contribution in [0, 0.1) is 0 Å². The molecule has 0 aliphatic rings. The second-order valence-corrected chi connectivity index (χ2v) is 13.0. The van der Waals surface area contributed by atoms with Gasteiger partial charge in [0.25, 0.3) is 5.82 Å². The fraction of sp³-hybridized carbons (Fsp3) is 0.921. The van der Waals surface area contributed by atoms with E-state index < -0.39 is 0 Å². The highest BCUT2D eigenvalue weighted by Crippen LogP contribution is 2.15. The molecule has 2 nitrogen and oxygen atoms in total. The Labute approximate surface area is 253 Å². The third kappa shape index (κ3) is 21.9. The fourth-order valence-electron chi connectivity index (χ4n) is 6.33. The van der Waals surface area contributed by atoms with Crippen LogP contribution < -0.4 is 4.57 Å². The molecule has 0 fully saturated rings. The van der Waals surface area contributed by atoms with Crippen LogP contribution in [0.2, 0.25) is 0 Å². The SMILES string of the molecule is CCCCCCCCCCCCCCCCCCC[n+]1ccn(CCCCCCC)c1CCCCCCCCC. The summed E-state index contributed by atoms with van der Waals surface area (Å²) in [6, 6.07) is 0. The van der Waals surface area contributed by atoms with E-state index in [1.807, 2.05) is 0 Å². The molecule has 0 aromatic carbocycles. The number of nitrogens with zero attached hydrogens (tertiary/aromatic N) is 2. The molecule has 0 amide bonds. The van der Waals surface area contributed by atoms with Gasteiger partial charge in [-0.1, -0.05) is 175 Å². The predicted octanol–water partition coefficient (Wildman–Crippen LogP) is 12.7. The maximum absolute atomic E-state index is 2.62. The van der Waals surface area contributed by atoms with E-state index in [9.17, 15) is 0 Å². The van der Waals surface area contributed by atoms with E-state index in [0.29, 0.717) is 0 Å². The van der Waals surface area contributed by atoms with Gasteiger partial charge in [-0.05, 0) is 32.1 Å². The number of imidazole rings is 1. The lowest BCUT2D eigenvalue weighted by molar-refractivity contribution is -0.704. The first-order valence-electron chi connectivity index (χ1n) is 18.9. The second kappa shape index (κ2) is 29.7. The molecule has 0 spiro atoms. The Bertz CT molecular complexity index is 619. The molecule has 0 bridgehead atoms. The van der Waals surface area contributed by atoms with E-state index in [-0.39, 0.29) is 0 Å². The minimum Gasteiger partial charge on any atom is -0.234 e. The number of aromatic nitrogens is 2. The molecule has 40 heavy (non-hydrogen) atoms. The van der Waals surface area contributed by atoms with Crippen LogP contribution >= 0.6 is 0 Å². The van der Waals surface area contributed by atoms with E-state index in [2.05, 4.69) is 42.3 Å². The lowest BCUT2D eigenvalue weighted by Gasteiger charge is -2.07. The average Bonchev–Trinajstić information content (AvgIpc) is 3.35. The minimum atomic E-state index is 1.22. The zero-order valence-corrected chi connectivity index (χ0v) is 28.2. The van der Waals surface area contributed by atoms with E-state index in [4.69, 9.17) is 0 Å². The van der Waals surface area contributed by atoms with E-state index in [1.165, 1.54) is 206 Å². The molecule has 0 aliphatic carbocycles. The number of hydrogen-bond acceptors (Lipinski definition) is 0. The largest absolute Gasteiger partial charge is 0.256 e. The summed E-state index contributed by atoms with van der Waals surface area (Å²) >= 11 is 0. The van der Waals surface area contributed by atoms with Crippen LogP contribution in [0.4, 0.5) is 0 Å². The third-order valence-electron chi connectivity index (χ3n) is 9.10. The monoisotopic (exact) mass is 560 g/mol. The van der Waals surface area contributed by atoms with E-state index >= 15 is 0 Å². The van der Waals surface area contributed by atoms with Crippen LogP contribution in [-0.4, -0.2) is 4.57 Å². The first-order chi connectivity index (χ1) is 19.8. The summed E-state index contributed by atoms with van der Waals surface area (Å²) in [5, 5.41) is 0. The van der Waals surface area contributed by atoms with Crippen molar-refractivity contribution in [3.8, 4) is 0 Å². The molecular formula is C38H75N2+. The molecule has 1 aromatic rings. The molecule has 0 atom stereocenters. The molecule has 0 aliphatic heterocycles. The Morgan fingerprint density at radius 1 is 0.425 bits per heavy atom. The highest BCUT2D eigenvalue weighted by atomic mass is 15.1. The van der Waals surface area contributed by atoms with E-state index in [0.717, 1.165) is 0 Å². The third-order valence-corrected chi connectivity index (χ3v) is 9.10. The summed E-state index contributed by atoms with van der Waals surface area (Å²) in [6.45, 7) is 9.39. The highest BCUT2D eigenvalue weighted by Gasteiger charge is 2.16. The lowest BCUT2D eigenvalue weighted by atomic mass is 10.0. The standard InChI is InChI=1S/C38H75N2/c1-4-7-10-13-15-16-17-18-19-20-21-22-23-24-26-29-32-35-40-37-36-39(34-31-28-12-9-6-3)38(40)33-30-27-25-14-11-8-5-2/h36-37H,4-35H2,1-3H3/q+1. The zero-order chi connectivity index (χ0) is 28.8.